The van der Waals surface area contributed by atoms with Crippen LogP contribution < -0.4 is 21.3 Å². The normalized spacial score (nSPS) is 39.0. The Morgan fingerprint density at radius 1 is 0.729 bits per heavy atom. The fourth-order valence-electron chi connectivity index (χ4n) is 10.7. The number of hydrogen-bond acceptors (Lipinski definition) is 6. The number of allylic oxidation sites excluding steroid dienone is 1. The molecule has 0 aromatic heterocycles. The zero-order valence-electron chi connectivity index (χ0n) is 31.8. The van der Waals surface area contributed by atoms with E-state index in [0.29, 0.717) is 35.0 Å². The predicted molar refractivity (Wildman–Crippen MR) is 206 cm³/mol. The van der Waals surface area contributed by atoms with Gasteiger partial charge in [-0.05, 0) is 115 Å². The van der Waals surface area contributed by atoms with Gasteiger partial charge >= 0.3 is 0 Å². The van der Waals surface area contributed by atoms with E-state index >= 15 is 0 Å². The van der Waals surface area contributed by atoms with Gasteiger partial charge in [0.25, 0.3) is 0 Å². The molecule has 0 spiro atoms. The molecule has 1 saturated carbocycles. The van der Waals surface area contributed by atoms with Crippen LogP contribution in [0.4, 0.5) is 0 Å². The van der Waals surface area contributed by atoms with Crippen LogP contribution in [0.3, 0.4) is 0 Å². The fourth-order valence-corrected chi connectivity index (χ4v) is 18.3. The Bertz CT molecular complexity index is 932. The quantitative estimate of drug-likeness (QED) is 0.107. The van der Waals surface area contributed by atoms with Gasteiger partial charge in [-0.25, -0.2) is 0 Å². The van der Waals surface area contributed by atoms with Crippen molar-refractivity contribution in [1.82, 2.24) is 21.3 Å². The Hall–Kier alpha value is -0.543. The Kier molecular flexibility index (Phi) is 16.0. The van der Waals surface area contributed by atoms with Crippen LogP contribution in [0.1, 0.15) is 130 Å². The van der Waals surface area contributed by atoms with Crippen LogP contribution in [-0.2, 0) is 9.47 Å². The monoisotopic (exact) mass is 685 g/mol. The van der Waals surface area contributed by atoms with Crippen LogP contribution in [-0.4, -0.2) is 82.8 Å². The highest BCUT2D eigenvalue weighted by Crippen LogP contribution is 2.39. The van der Waals surface area contributed by atoms with Crippen molar-refractivity contribution < 1.29 is 9.47 Å². The molecule has 0 bridgehead atoms. The van der Waals surface area contributed by atoms with Crippen LogP contribution in [0.25, 0.3) is 0 Å². The molecule has 1 aliphatic carbocycles. The molecule has 276 valence electrons. The number of ether oxygens (including phenoxy) is 2. The van der Waals surface area contributed by atoms with Gasteiger partial charge in [-0.3, -0.25) is 0 Å². The van der Waals surface area contributed by atoms with E-state index in [4.69, 9.17) is 9.47 Å². The smallest absolute Gasteiger partial charge is 0.126 e. The third kappa shape index (κ3) is 9.66. The number of piperidine rings is 4. The van der Waals surface area contributed by atoms with Gasteiger partial charge in [-0.15, -0.1) is 0 Å². The summed E-state index contributed by atoms with van der Waals surface area (Å²) >= 11 is 0. The lowest BCUT2D eigenvalue weighted by Gasteiger charge is -2.58. The fraction of sp³-hybridized carbons (Fsp3) is 0.902. The van der Waals surface area contributed by atoms with Crippen molar-refractivity contribution in [3.63, 3.8) is 0 Å². The Labute approximate surface area is 297 Å². The van der Waals surface area contributed by atoms with Crippen LogP contribution in [0.2, 0.25) is 0 Å². The molecule has 4 N–H and O–H groups in total. The van der Waals surface area contributed by atoms with Gasteiger partial charge in [0.2, 0.25) is 0 Å². The highest BCUT2D eigenvalue weighted by molar-refractivity contribution is 6.85. The van der Waals surface area contributed by atoms with Gasteiger partial charge in [-0.1, -0.05) is 77.2 Å². The van der Waals surface area contributed by atoms with E-state index in [-0.39, 0.29) is 12.2 Å². The van der Waals surface area contributed by atoms with Gasteiger partial charge in [0, 0.05) is 54.8 Å². The van der Waals surface area contributed by atoms with Crippen molar-refractivity contribution in [2.24, 2.45) is 29.6 Å². The molecule has 11 unspecified atom stereocenters. The SMILES string of the molecule is C/C=C/C1CC(OC)C(/C=C/C2CCC([Si](C3CCCCN3)(C3CCCCN3)C3CCC(C)CN3)NC2)CC1OCC(CC)CCCC. The first-order chi connectivity index (χ1) is 23.5. The van der Waals surface area contributed by atoms with Gasteiger partial charge in [-0.2, -0.15) is 0 Å². The summed E-state index contributed by atoms with van der Waals surface area (Å²) in [6.45, 7) is 14.9. The average molecular weight is 685 g/mol. The lowest BCUT2D eigenvalue weighted by Crippen LogP contribution is -2.84. The maximum Gasteiger partial charge on any atom is 0.126 e. The Morgan fingerprint density at radius 2 is 1.38 bits per heavy atom. The molecule has 4 aliphatic heterocycles. The molecular formula is C41H76N4O2Si. The summed E-state index contributed by atoms with van der Waals surface area (Å²) in [6.07, 6.45) is 31.2. The molecule has 4 heterocycles. The molecule has 5 fully saturated rings. The second-order valence-electron chi connectivity index (χ2n) is 16.7. The molecule has 5 rings (SSSR count). The van der Waals surface area contributed by atoms with Crippen molar-refractivity contribution >= 4 is 8.07 Å². The van der Waals surface area contributed by atoms with E-state index in [9.17, 15) is 0 Å². The number of hydrogen-bond donors (Lipinski definition) is 4. The standard InChI is InChI=1S/C41H76N4O2Si/c1-6-9-15-32(8-3)30-47-37-27-35(36(46-5)26-34(37)14-7-2)21-19-33-20-23-41(45-29-33)48(38-16-10-12-24-42-38,39-17-11-13-25-43-39)40-22-18-31(4)28-44-40/h7,14,19,21,31-45H,6,8-13,15-18,20,22-30H2,1-5H3/b14-7+,21-19+. The maximum absolute atomic E-state index is 6.78. The molecule has 7 heteroatoms. The largest absolute Gasteiger partial charge is 0.381 e. The summed E-state index contributed by atoms with van der Waals surface area (Å²) in [5.41, 5.74) is 2.83. The van der Waals surface area contributed by atoms with E-state index in [1.165, 1.54) is 110 Å². The van der Waals surface area contributed by atoms with E-state index in [1.54, 1.807) is 0 Å². The molecular weight excluding hydrogens is 609 g/mol. The number of methoxy groups -OCH3 is 1. The number of rotatable bonds is 15. The van der Waals surface area contributed by atoms with Gasteiger partial charge in [0.1, 0.15) is 8.07 Å². The number of unbranched alkanes of at least 4 members (excludes halogenated alkanes) is 1. The topological polar surface area (TPSA) is 66.6 Å². The zero-order chi connectivity index (χ0) is 33.8. The van der Waals surface area contributed by atoms with E-state index in [2.05, 4.69) is 73.3 Å². The summed E-state index contributed by atoms with van der Waals surface area (Å²) in [7, 11) is 0.0334. The molecule has 0 radical (unpaired) electrons. The van der Waals surface area contributed by atoms with E-state index in [1.807, 2.05) is 7.11 Å². The molecule has 5 aliphatic rings. The van der Waals surface area contributed by atoms with Crippen LogP contribution in [0.15, 0.2) is 24.3 Å². The predicted octanol–water partition coefficient (Wildman–Crippen LogP) is 7.41. The second kappa shape index (κ2) is 19.9. The van der Waals surface area contributed by atoms with Crippen LogP contribution in [0, 0.1) is 29.6 Å². The van der Waals surface area contributed by atoms with Crippen LogP contribution >= 0.6 is 0 Å². The van der Waals surface area contributed by atoms with E-state index < -0.39 is 8.07 Å². The molecule has 0 amide bonds. The first kappa shape index (κ1) is 38.7. The highest BCUT2D eigenvalue weighted by Gasteiger charge is 2.58. The molecule has 0 aromatic rings. The summed E-state index contributed by atoms with van der Waals surface area (Å²) in [6, 6.07) is 0. The molecule has 11 atom stereocenters. The van der Waals surface area contributed by atoms with Crippen molar-refractivity contribution in [3.8, 4) is 0 Å². The lowest BCUT2D eigenvalue weighted by molar-refractivity contribution is -0.0683. The van der Waals surface area contributed by atoms with Gasteiger partial charge in [0.15, 0.2) is 0 Å². The minimum Gasteiger partial charge on any atom is -0.381 e. The minimum atomic E-state index is -1.89. The highest BCUT2D eigenvalue weighted by atomic mass is 28.3. The summed E-state index contributed by atoms with van der Waals surface area (Å²) in [5, 5.41) is 17.0. The molecule has 48 heavy (non-hydrogen) atoms. The molecule has 6 nitrogen and oxygen atoms in total. The van der Waals surface area contributed by atoms with Crippen molar-refractivity contribution in [3.05, 3.63) is 24.3 Å². The van der Waals surface area contributed by atoms with Crippen molar-refractivity contribution in [2.45, 2.75) is 165 Å². The maximum atomic E-state index is 6.78. The summed E-state index contributed by atoms with van der Waals surface area (Å²) < 4.78 is 12.9. The third-order valence-corrected chi connectivity index (χ3v) is 20.4. The van der Waals surface area contributed by atoms with Crippen molar-refractivity contribution in [2.75, 3.05) is 39.9 Å². The Balaban J connectivity index is 1.27. The minimum absolute atomic E-state index is 0.267. The first-order valence-electron chi connectivity index (χ1n) is 20.9. The van der Waals surface area contributed by atoms with Crippen molar-refractivity contribution in [1.29, 1.82) is 0 Å². The first-order valence-corrected chi connectivity index (χ1v) is 23.2. The Morgan fingerprint density at radius 3 is 1.92 bits per heavy atom. The van der Waals surface area contributed by atoms with Crippen LogP contribution in [0.5, 0.6) is 0 Å². The number of nitrogens with one attached hydrogen (secondary N) is 4. The average Bonchev–Trinajstić information content (AvgIpc) is 3.14. The van der Waals surface area contributed by atoms with Gasteiger partial charge < -0.3 is 30.7 Å². The third-order valence-electron chi connectivity index (χ3n) is 13.6. The summed E-state index contributed by atoms with van der Waals surface area (Å²) in [5.74, 6) is 2.97. The molecule has 4 saturated heterocycles. The van der Waals surface area contributed by atoms with Gasteiger partial charge in [0.05, 0.1) is 12.2 Å². The molecule has 0 aromatic carbocycles. The lowest BCUT2D eigenvalue weighted by atomic mass is 9.76. The second-order valence-corrected chi connectivity index (χ2v) is 21.5. The van der Waals surface area contributed by atoms with E-state index in [0.717, 1.165) is 43.2 Å². The zero-order valence-corrected chi connectivity index (χ0v) is 32.8. The summed E-state index contributed by atoms with van der Waals surface area (Å²) in [4.78, 5) is 0.